The molecule has 8 bridgehead atoms. The molecule has 10 nitrogen and oxygen atoms in total. The Morgan fingerprint density at radius 1 is 0.892 bits per heavy atom. The smallest absolute Gasteiger partial charge is 0.351 e. The molecular formula is C55H74N4O6. The van der Waals surface area contributed by atoms with Gasteiger partial charge in [-0.15, -0.1) is 0 Å². The number of methoxy groups -OCH3 is 1. The molecule has 10 heteroatoms. The standard InChI is InChI=1S/C55H74N4O6/c1-13-39-35(8)42-28-44-37(10)41(24-25-48(60)65-27-26-34(7)23-17-22-33(6)21-16-20-32(5)19-15-18-31(3)4)51(58-44)50-52-49(53(61)55(50,63)54(62)64-12)38(11)45(59-52)30-47-40(14-2)36(9)43(57-47)29-46(39)56-42/h13,26,28-33,37,41,56,59,63H,1,14-25,27H2,2-12H3/b34-26+,42-28?,43-29?,44-28?,45-30?,46-29?,47-30?,51-50?/t32?,33?,37-,41-,55+/m0/s1. The van der Waals surface area contributed by atoms with Gasteiger partial charge >= 0.3 is 11.9 Å². The lowest BCUT2D eigenvalue weighted by Gasteiger charge is -2.23. The first-order valence-electron chi connectivity index (χ1n) is 24.2. The molecule has 65 heavy (non-hydrogen) atoms. The topological polar surface area (TPSA) is 147 Å². The summed E-state index contributed by atoms with van der Waals surface area (Å²) in [5.41, 5.74) is 8.66. The first kappa shape index (κ1) is 49.3. The maximum absolute atomic E-state index is 14.5. The second-order valence-electron chi connectivity index (χ2n) is 19.7. The van der Waals surface area contributed by atoms with Crippen molar-refractivity contribution in [3.8, 4) is 0 Å². The lowest BCUT2D eigenvalue weighted by molar-refractivity contribution is -0.157. The van der Waals surface area contributed by atoms with Gasteiger partial charge in [-0.2, -0.15) is 0 Å². The zero-order chi connectivity index (χ0) is 47.3. The van der Waals surface area contributed by atoms with Gasteiger partial charge in [0.25, 0.3) is 5.60 Å². The molecule has 2 unspecified atom stereocenters. The van der Waals surface area contributed by atoms with E-state index in [1.807, 2.05) is 38.1 Å². The number of hydrogen-bond acceptors (Lipinski definition) is 8. The van der Waals surface area contributed by atoms with Crippen LogP contribution in [0.4, 0.5) is 0 Å². The van der Waals surface area contributed by atoms with Gasteiger partial charge in [-0.25, -0.2) is 9.78 Å². The molecule has 1 aliphatic carbocycles. The van der Waals surface area contributed by atoms with E-state index in [0.29, 0.717) is 40.3 Å². The van der Waals surface area contributed by atoms with Crippen LogP contribution in [0.25, 0.3) is 39.3 Å². The Labute approximate surface area is 386 Å². The van der Waals surface area contributed by atoms with E-state index in [-0.39, 0.29) is 36.0 Å². The third-order valence-electron chi connectivity index (χ3n) is 14.5. The number of ketones is 1. The minimum atomic E-state index is -2.65. The van der Waals surface area contributed by atoms with Gasteiger partial charge < -0.3 is 24.5 Å². The number of nitrogens with one attached hydrogen (secondary N) is 2. The maximum Gasteiger partial charge on any atom is 0.351 e. The number of aromatic amines is 2. The van der Waals surface area contributed by atoms with Crippen LogP contribution in [-0.4, -0.2) is 56.5 Å². The van der Waals surface area contributed by atoms with Crippen molar-refractivity contribution in [1.29, 1.82) is 0 Å². The number of rotatable bonds is 20. The van der Waals surface area contributed by atoms with Crippen LogP contribution in [0.3, 0.4) is 0 Å². The summed E-state index contributed by atoms with van der Waals surface area (Å²) < 4.78 is 10.9. The minimum Gasteiger partial charge on any atom is -0.466 e. The monoisotopic (exact) mass is 887 g/mol. The second kappa shape index (κ2) is 21.0. The van der Waals surface area contributed by atoms with Crippen LogP contribution in [0.15, 0.2) is 36.4 Å². The summed E-state index contributed by atoms with van der Waals surface area (Å²) in [7, 11) is 1.16. The van der Waals surface area contributed by atoms with E-state index in [0.717, 1.165) is 82.9 Å². The average molecular weight is 887 g/mol. The molecule has 5 atom stereocenters. The molecule has 3 aromatic heterocycles. The summed E-state index contributed by atoms with van der Waals surface area (Å²) in [6, 6.07) is 5.95. The maximum atomic E-state index is 14.5. The highest BCUT2D eigenvalue weighted by Gasteiger charge is 2.57. The number of carbonyl (C=O) groups excluding carboxylic acids is 3. The molecule has 3 aliphatic rings. The van der Waals surface area contributed by atoms with Crippen LogP contribution in [-0.2, 0) is 24.7 Å². The van der Waals surface area contributed by atoms with Crippen LogP contribution >= 0.6 is 0 Å². The third kappa shape index (κ3) is 10.3. The van der Waals surface area contributed by atoms with Crippen LogP contribution < -0.4 is 0 Å². The molecule has 3 aromatic rings. The molecule has 5 heterocycles. The number of aryl methyl sites for hydroxylation is 2. The number of carbonyl (C=O) groups is 3. The molecule has 0 aromatic carbocycles. The number of hydrogen-bond donors (Lipinski definition) is 3. The second-order valence-corrected chi connectivity index (χ2v) is 19.7. The number of aliphatic hydroxyl groups is 1. The van der Waals surface area contributed by atoms with Gasteiger partial charge in [0.15, 0.2) is 0 Å². The Morgan fingerprint density at radius 3 is 2.18 bits per heavy atom. The number of H-pyrrole nitrogens is 2. The van der Waals surface area contributed by atoms with Crippen molar-refractivity contribution in [2.24, 2.45) is 17.8 Å². The summed E-state index contributed by atoms with van der Waals surface area (Å²) in [5, 5.41) is 12.4. The molecule has 350 valence electrons. The van der Waals surface area contributed by atoms with Gasteiger partial charge in [-0.05, 0) is 118 Å². The minimum absolute atomic E-state index is 0.0550. The van der Waals surface area contributed by atoms with Crippen molar-refractivity contribution in [2.45, 2.75) is 164 Å². The van der Waals surface area contributed by atoms with Crippen molar-refractivity contribution >= 4 is 57.0 Å². The SMILES string of the molecule is C=Cc1c(C)c2cc3nc(c4c5[nH]c(cc6nc(cc1[nH]2)C(C)=C6CC)c(C)c5C(=O)[C@@]4(O)C(=O)OC)[C@@H](CCC(=O)OC/C=C(\C)CCCC(C)CCCC(C)CCCC(C)C)[C@@H]3C. The quantitative estimate of drug-likeness (QED) is 0.0577. The summed E-state index contributed by atoms with van der Waals surface area (Å²) in [6.45, 7) is 25.8. The van der Waals surface area contributed by atoms with E-state index >= 15 is 0 Å². The highest BCUT2D eigenvalue weighted by molar-refractivity contribution is 6.26. The lowest BCUT2D eigenvalue weighted by atomic mass is 9.82. The molecule has 0 radical (unpaired) electrons. The van der Waals surface area contributed by atoms with Gasteiger partial charge in [0.1, 0.15) is 6.61 Å². The normalized spacial score (nSPS) is 19.3. The van der Waals surface area contributed by atoms with Gasteiger partial charge in [0.05, 0.1) is 35.3 Å². The van der Waals surface area contributed by atoms with Gasteiger partial charge in [0.2, 0.25) is 5.78 Å². The number of fused-ring (bicyclic) bond motifs is 8. The molecule has 3 N–H and O–H groups in total. The molecule has 2 aliphatic heterocycles. The molecule has 0 saturated heterocycles. The Kier molecular flexibility index (Phi) is 16.0. The van der Waals surface area contributed by atoms with Crippen LogP contribution in [0.5, 0.6) is 0 Å². The van der Waals surface area contributed by atoms with Crippen molar-refractivity contribution in [2.75, 3.05) is 13.7 Å². The van der Waals surface area contributed by atoms with Crippen LogP contribution in [0, 0.1) is 31.6 Å². The van der Waals surface area contributed by atoms with E-state index in [4.69, 9.17) is 19.4 Å². The van der Waals surface area contributed by atoms with Crippen LogP contribution in [0.2, 0.25) is 0 Å². The Morgan fingerprint density at radius 2 is 1.54 bits per heavy atom. The van der Waals surface area contributed by atoms with E-state index in [9.17, 15) is 19.5 Å². The largest absolute Gasteiger partial charge is 0.466 e. The third-order valence-corrected chi connectivity index (χ3v) is 14.5. The number of ether oxygens (including phenoxy) is 2. The summed E-state index contributed by atoms with van der Waals surface area (Å²) in [5.74, 6) is -0.670. The van der Waals surface area contributed by atoms with Crippen molar-refractivity contribution in [3.63, 3.8) is 0 Å². The fraction of sp³-hybridized carbons (Fsp3) is 0.545. The summed E-state index contributed by atoms with van der Waals surface area (Å²) in [4.78, 5) is 58.8. The number of allylic oxidation sites excluding steroid dienone is 3. The predicted molar refractivity (Wildman–Crippen MR) is 263 cm³/mol. The van der Waals surface area contributed by atoms with Crippen molar-refractivity contribution < 1.29 is 29.0 Å². The molecule has 0 amide bonds. The first-order valence-corrected chi connectivity index (χ1v) is 24.2. The molecular weight excluding hydrogens is 813 g/mol. The fourth-order valence-corrected chi connectivity index (χ4v) is 10.3. The van der Waals surface area contributed by atoms with E-state index in [2.05, 4.69) is 71.1 Å². The number of nitrogens with zero attached hydrogens (tertiary/aromatic N) is 2. The van der Waals surface area contributed by atoms with Gasteiger partial charge in [-0.1, -0.05) is 105 Å². The van der Waals surface area contributed by atoms with Crippen molar-refractivity contribution in [3.05, 3.63) is 87.0 Å². The highest BCUT2D eigenvalue weighted by Crippen LogP contribution is 2.49. The molecule has 0 saturated carbocycles. The summed E-state index contributed by atoms with van der Waals surface area (Å²) >= 11 is 0. The Balaban J connectivity index is 1.26. The van der Waals surface area contributed by atoms with Crippen LogP contribution in [0.1, 0.15) is 200 Å². The predicted octanol–water partition coefficient (Wildman–Crippen LogP) is 13.1. The fourth-order valence-electron chi connectivity index (χ4n) is 10.3. The number of aromatic nitrogens is 4. The molecule has 0 fully saturated rings. The van der Waals surface area contributed by atoms with Gasteiger partial charge in [0, 0.05) is 51.6 Å². The molecule has 6 rings (SSSR count). The average Bonchev–Trinajstić information content (AvgIpc) is 3.99. The van der Waals surface area contributed by atoms with Crippen molar-refractivity contribution in [1.82, 2.24) is 19.9 Å². The molecule has 0 spiro atoms. The Bertz CT molecular complexity index is 2540. The van der Waals surface area contributed by atoms with E-state index in [1.165, 1.54) is 50.5 Å². The van der Waals surface area contributed by atoms with E-state index < -0.39 is 23.3 Å². The zero-order valence-corrected chi connectivity index (χ0v) is 41.1. The van der Waals surface area contributed by atoms with E-state index in [1.54, 1.807) is 6.92 Å². The lowest BCUT2D eigenvalue weighted by Crippen LogP contribution is -2.42. The highest BCUT2D eigenvalue weighted by atomic mass is 16.5. The number of esters is 2. The first-order chi connectivity index (χ1) is 30.9. The number of Topliss-reactive ketones (excluding diaryl/α,β-unsaturated/α-hetero) is 1. The van der Waals surface area contributed by atoms with Gasteiger partial charge in [-0.3, -0.25) is 14.6 Å². The Hall–Kier alpha value is -5.09. The summed E-state index contributed by atoms with van der Waals surface area (Å²) in [6.07, 6.45) is 16.1. The zero-order valence-electron chi connectivity index (χ0n) is 41.1.